The average molecular weight is 416 g/mol. The highest BCUT2D eigenvalue weighted by Crippen LogP contribution is 2.36. The number of aliphatic hydroxyl groups is 1. The first kappa shape index (κ1) is 20.0. The third-order valence-corrected chi connectivity index (χ3v) is 7.16. The Morgan fingerprint density at radius 3 is 2.52 bits per heavy atom. The van der Waals surface area contributed by atoms with Gasteiger partial charge in [-0.05, 0) is 79.5 Å². The number of amides is 1. The minimum atomic E-state index is -0.392. The lowest BCUT2D eigenvalue weighted by Gasteiger charge is -2.26. The maximum Gasteiger partial charge on any atom is 0.254 e. The number of carbonyl (C=O) groups excluding carboxylic acids is 1. The molecule has 2 aliphatic rings. The van der Waals surface area contributed by atoms with Gasteiger partial charge in [0.05, 0.1) is 17.8 Å². The minimum Gasteiger partial charge on any atom is -0.391 e. The van der Waals surface area contributed by atoms with Crippen molar-refractivity contribution < 1.29 is 9.90 Å². The molecule has 31 heavy (non-hydrogen) atoms. The van der Waals surface area contributed by atoms with E-state index in [0.29, 0.717) is 6.54 Å². The molecule has 160 valence electrons. The Bertz CT molecular complexity index is 1150. The summed E-state index contributed by atoms with van der Waals surface area (Å²) in [5, 5.41) is 14.8. The predicted octanol–water partition coefficient (Wildman–Crippen LogP) is 4.16. The summed E-state index contributed by atoms with van der Waals surface area (Å²) in [4.78, 5) is 15.1. The van der Waals surface area contributed by atoms with Gasteiger partial charge in [0.2, 0.25) is 0 Å². The van der Waals surface area contributed by atoms with Crippen LogP contribution in [0.1, 0.15) is 57.4 Å². The van der Waals surface area contributed by atoms with Crippen LogP contribution in [0.2, 0.25) is 0 Å². The number of benzene rings is 2. The number of rotatable bonds is 4. The lowest BCUT2D eigenvalue weighted by molar-refractivity contribution is 0.0479. The summed E-state index contributed by atoms with van der Waals surface area (Å²) in [6.07, 6.45) is 5.03. The summed E-state index contributed by atoms with van der Waals surface area (Å²) >= 11 is 0. The predicted molar refractivity (Wildman–Crippen MR) is 121 cm³/mol. The number of aromatic nitrogens is 2. The molecule has 0 unspecified atom stereocenters. The number of fused-ring (bicyclic) bond motifs is 1. The van der Waals surface area contributed by atoms with E-state index < -0.39 is 6.10 Å². The molecule has 5 heteroatoms. The molecule has 1 aliphatic heterocycles. The maximum absolute atomic E-state index is 13.2. The van der Waals surface area contributed by atoms with Crippen LogP contribution in [0.15, 0.2) is 42.6 Å². The van der Waals surface area contributed by atoms with Gasteiger partial charge in [0, 0.05) is 30.9 Å². The van der Waals surface area contributed by atoms with E-state index in [1.807, 2.05) is 28.9 Å². The highest BCUT2D eigenvalue weighted by Gasteiger charge is 2.39. The van der Waals surface area contributed by atoms with Crippen LogP contribution in [0, 0.1) is 13.8 Å². The molecule has 1 aliphatic carbocycles. The highest BCUT2D eigenvalue weighted by atomic mass is 16.3. The van der Waals surface area contributed by atoms with Crippen molar-refractivity contribution in [1.82, 2.24) is 14.7 Å². The second kappa shape index (κ2) is 7.65. The van der Waals surface area contributed by atoms with E-state index in [-0.39, 0.29) is 11.9 Å². The molecule has 1 saturated carbocycles. The van der Waals surface area contributed by atoms with E-state index in [1.165, 1.54) is 22.3 Å². The first-order chi connectivity index (χ1) is 14.9. The Labute approximate surface area is 183 Å². The first-order valence-corrected chi connectivity index (χ1v) is 11.1. The zero-order valence-corrected chi connectivity index (χ0v) is 18.4. The Hall–Kier alpha value is -2.92. The monoisotopic (exact) mass is 415 g/mol. The second-order valence-electron chi connectivity index (χ2n) is 9.06. The van der Waals surface area contributed by atoms with Gasteiger partial charge in [0.1, 0.15) is 0 Å². The van der Waals surface area contributed by atoms with Crippen molar-refractivity contribution in [3.63, 3.8) is 0 Å². The third-order valence-electron chi connectivity index (χ3n) is 7.16. The SMILES string of the molecule is Cc1c(Cc2ccc(-c3ccn(C)n3)cc2)cc2c(c1C)CN([C@@H]1CCC[C@H]1O)C2=O. The number of carbonyl (C=O) groups is 1. The van der Waals surface area contributed by atoms with Gasteiger partial charge in [0.25, 0.3) is 5.91 Å². The van der Waals surface area contributed by atoms with Crippen LogP contribution in [0.25, 0.3) is 11.3 Å². The van der Waals surface area contributed by atoms with Gasteiger partial charge in [-0.1, -0.05) is 24.3 Å². The van der Waals surface area contributed by atoms with Crippen LogP contribution < -0.4 is 0 Å². The quantitative estimate of drug-likeness (QED) is 0.696. The molecule has 1 fully saturated rings. The molecule has 2 atom stereocenters. The molecule has 5 rings (SSSR count). The third kappa shape index (κ3) is 3.47. The summed E-state index contributed by atoms with van der Waals surface area (Å²) in [6, 6.07) is 12.6. The van der Waals surface area contributed by atoms with Gasteiger partial charge in [-0.2, -0.15) is 5.10 Å². The molecule has 1 N–H and O–H groups in total. The van der Waals surface area contributed by atoms with Crippen LogP contribution in [0.3, 0.4) is 0 Å². The maximum atomic E-state index is 13.2. The Morgan fingerprint density at radius 2 is 1.87 bits per heavy atom. The smallest absolute Gasteiger partial charge is 0.254 e. The summed E-state index contributed by atoms with van der Waals surface area (Å²) in [6.45, 7) is 4.91. The zero-order valence-electron chi connectivity index (χ0n) is 18.4. The minimum absolute atomic E-state index is 0.0396. The number of nitrogens with zero attached hydrogens (tertiary/aromatic N) is 3. The molecule has 0 saturated heterocycles. The van der Waals surface area contributed by atoms with Crippen molar-refractivity contribution in [3.05, 3.63) is 76.0 Å². The average Bonchev–Trinajstić information content (AvgIpc) is 3.46. The Balaban J connectivity index is 1.41. The second-order valence-corrected chi connectivity index (χ2v) is 9.06. The van der Waals surface area contributed by atoms with Crippen LogP contribution in [0.4, 0.5) is 0 Å². The molecule has 5 nitrogen and oxygen atoms in total. The largest absolute Gasteiger partial charge is 0.391 e. The van der Waals surface area contributed by atoms with E-state index in [4.69, 9.17) is 0 Å². The molecule has 0 radical (unpaired) electrons. The van der Waals surface area contributed by atoms with Gasteiger partial charge in [-0.15, -0.1) is 0 Å². The van der Waals surface area contributed by atoms with Crippen molar-refractivity contribution in [2.75, 3.05) is 0 Å². The fourth-order valence-corrected chi connectivity index (χ4v) is 5.15. The van der Waals surface area contributed by atoms with Crippen LogP contribution in [0.5, 0.6) is 0 Å². The van der Waals surface area contributed by atoms with Crippen LogP contribution in [-0.4, -0.2) is 37.8 Å². The molecule has 3 aromatic rings. The lowest BCUT2D eigenvalue weighted by Crippen LogP contribution is -2.40. The fourth-order valence-electron chi connectivity index (χ4n) is 5.15. The Morgan fingerprint density at radius 1 is 1.10 bits per heavy atom. The van der Waals surface area contributed by atoms with E-state index in [1.54, 1.807) is 0 Å². The van der Waals surface area contributed by atoms with Crippen molar-refractivity contribution in [2.45, 2.75) is 58.2 Å². The Kier molecular flexibility index (Phi) is 4.94. The molecule has 2 heterocycles. The van der Waals surface area contributed by atoms with Crippen molar-refractivity contribution in [3.8, 4) is 11.3 Å². The molecular weight excluding hydrogens is 386 g/mol. The van der Waals surface area contributed by atoms with Gasteiger partial charge < -0.3 is 10.0 Å². The van der Waals surface area contributed by atoms with E-state index >= 15 is 0 Å². The molecule has 2 aromatic carbocycles. The molecule has 0 bridgehead atoms. The van der Waals surface area contributed by atoms with Crippen LogP contribution >= 0.6 is 0 Å². The topological polar surface area (TPSA) is 58.4 Å². The van der Waals surface area contributed by atoms with E-state index in [9.17, 15) is 9.90 Å². The normalized spacial score (nSPS) is 20.5. The highest BCUT2D eigenvalue weighted by molar-refractivity contribution is 5.99. The molecule has 1 amide bonds. The number of aryl methyl sites for hydroxylation is 1. The lowest BCUT2D eigenvalue weighted by atomic mass is 9.91. The summed E-state index contributed by atoms with van der Waals surface area (Å²) in [5.74, 6) is 0.0794. The van der Waals surface area contributed by atoms with Crippen molar-refractivity contribution >= 4 is 5.91 Å². The van der Waals surface area contributed by atoms with Gasteiger partial charge >= 0.3 is 0 Å². The van der Waals surface area contributed by atoms with Crippen molar-refractivity contribution in [1.29, 1.82) is 0 Å². The van der Waals surface area contributed by atoms with Crippen LogP contribution in [-0.2, 0) is 20.0 Å². The summed E-state index contributed by atoms with van der Waals surface area (Å²) < 4.78 is 1.81. The zero-order chi connectivity index (χ0) is 21.7. The fraction of sp³-hybridized carbons (Fsp3) is 0.385. The number of hydrogen-bond donors (Lipinski definition) is 1. The van der Waals surface area contributed by atoms with E-state index in [2.05, 4.69) is 49.3 Å². The van der Waals surface area contributed by atoms with Gasteiger partial charge in [0.15, 0.2) is 0 Å². The van der Waals surface area contributed by atoms with Gasteiger partial charge in [-0.3, -0.25) is 9.48 Å². The molecule has 0 spiro atoms. The van der Waals surface area contributed by atoms with Crippen molar-refractivity contribution in [2.24, 2.45) is 7.05 Å². The molecule has 1 aromatic heterocycles. The number of aliphatic hydroxyl groups excluding tert-OH is 1. The number of hydrogen-bond acceptors (Lipinski definition) is 3. The standard InChI is InChI=1S/C26H29N3O2/c1-16-17(2)22-15-29(24-5-4-6-25(24)30)26(31)21(22)14-20(16)13-18-7-9-19(10-8-18)23-11-12-28(3)27-23/h7-12,14,24-25,30H,4-6,13,15H2,1-3H3/t24-,25-/m1/s1. The summed E-state index contributed by atoms with van der Waals surface area (Å²) in [5.41, 5.74) is 8.92. The first-order valence-electron chi connectivity index (χ1n) is 11.1. The molecular formula is C26H29N3O2. The van der Waals surface area contributed by atoms with E-state index in [0.717, 1.165) is 48.1 Å². The van der Waals surface area contributed by atoms with Gasteiger partial charge in [-0.25, -0.2) is 0 Å². The summed E-state index contributed by atoms with van der Waals surface area (Å²) in [7, 11) is 1.92.